The Balaban J connectivity index is 1.63. The van der Waals surface area contributed by atoms with Crippen molar-refractivity contribution in [3.8, 4) is 11.5 Å². The number of aromatic hydroxyl groups is 1. The van der Waals surface area contributed by atoms with Gasteiger partial charge in [-0.05, 0) is 24.3 Å². The molecule has 2 heterocycles. The molecule has 2 fully saturated rings. The first-order valence-electron chi connectivity index (χ1n) is 9.30. The van der Waals surface area contributed by atoms with Crippen molar-refractivity contribution in [2.45, 2.75) is 61.4 Å². The molecule has 3 rings (SSSR count). The Kier molecular flexibility index (Phi) is 7.47. The van der Waals surface area contributed by atoms with Crippen molar-refractivity contribution >= 4 is 0 Å². The van der Waals surface area contributed by atoms with E-state index in [0.717, 1.165) is 0 Å². The van der Waals surface area contributed by atoms with Gasteiger partial charge in [-0.25, -0.2) is 0 Å². The molecule has 1 aromatic rings. The number of rotatable bonds is 6. The van der Waals surface area contributed by atoms with Crippen LogP contribution in [0.1, 0.15) is 0 Å². The molecule has 2 aliphatic heterocycles. The molecule has 0 aliphatic carbocycles. The Morgan fingerprint density at radius 1 is 0.700 bits per heavy atom. The summed E-state index contributed by atoms with van der Waals surface area (Å²) in [5, 5.41) is 78.5. The maximum atomic E-state index is 10.2. The van der Waals surface area contributed by atoms with Crippen LogP contribution in [-0.4, -0.2) is 115 Å². The summed E-state index contributed by atoms with van der Waals surface area (Å²) in [5.74, 6) is 0.211. The van der Waals surface area contributed by atoms with Crippen LogP contribution in [0.5, 0.6) is 11.5 Å². The van der Waals surface area contributed by atoms with Crippen molar-refractivity contribution in [2.75, 3.05) is 13.2 Å². The Labute approximate surface area is 171 Å². The van der Waals surface area contributed by atoms with Crippen LogP contribution in [0.4, 0.5) is 0 Å². The monoisotopic (exact) mass is 434 g/mol. The first kappa shape index (κ1) is 23.1. The number of aliphatic hydroxyl groups excluding tert-OH is 7. The van der Waals surface area contributed by atoms with Crippen LogP contribution in [0.25, 0.3) is 0 Å². The smallest absolute Gasteiger partial charge is 0.229 e. The van der Waals surface area contributed by atoms with Gasteiger partial charge in [0.1, 0.15) is 60.3 Å². The van der Waals surface area contributed by atoms with E-state index in [9.17, 15) is 40.9 Å². The van der Waals surface area contributed by atoms with E-state index in [1.54, 1.807) is 0 Å². The molecule has 0 radical (unpaired) electrons. The van der Waals surface area contributed by atoms with E-state index in [0.29, 0.717) is 0 Å². The summed E-state index contributed by atoms with van der Waals surface area (Å²) in [7, 11) is 0. The van der Waals surface area contributed by atoms with Gasteiger partial charge in [-0.1, -0.05) is 0 Å². The molecule has 0 unspecified atom stereocenters. The van der Waals surface area contributed by atoms with Gasteiger partial charge in [0.15, 0.2) is 6.29 Å². The number of phenols is 1. The molecule has 2 aliphatic rings. The number of benzene rings is 1. The number of ether oxygens (including phenoxy) is 4. The van der Waals surface area contributed by atoms with Crippen molar-refractivity contribution in [1.82, 2.24) is 0 Å². The average Bonchev–Trinajstić information content (AvgIpc) is 2.74. The molecular weight excluding hydrogens is 408 g/mol. The summed E-state index contributed by atoms with van der Waals surface area (Å²) < 4.78 is 21.5. The first-order chi connectivity index (χ1) is 14.2. The molecule has 30 heavy (non-hydrogen) atoms. The van der Waals surface area contributed by atoms with Crippen LogP contribution in [0.2, 0.25) is 0 Å². The largest absolute Gasteiger partial charge is 0.508 e. The van der Waals surface area contributed by atoms with Crippen LogP contribution in [0.15, 0.2) is 24.3 Å². The summed E-state index contributed by atoms with van der Waals surface area (Å²) in [6, 6.07) is 5.50. The molecule has 10 atom stereocenters. The maximum absolute atomic E-state index is 10.2. The highest BCUT2D eigenvalue weighted by molar-refractivity contribution is 5.30. The molecular formula is C18H26O12. The lowest BCUT2D eigenvalue weighted by Gasteiger charge is -2.42. The maximum Gasteiger partial charge on any atom is 0.229 e. The summed E-state index contributed by atoms with van der Waals surface area (Å²) in [6.07, 6.45) is -14.9. The number of hydrogen-bond acceptors (Lipinski definition) is 12. The standard InChI is InChI=1S/C18H26O12/c19-5-9-11(21)13(23)15(25)17(29-9)27-6-10-12(22)14(24)16(26)18(30-10)28-8-3-1-7(20)2-4-8/h1-4,9-26H,5-6H2/t9-,10-,11-,12-,13+,14+,15-,16-,17-,18-/m1/s1. The third kappa shape index (κ3) is 4.84. The molecule has 0 aromatic heterocycles. The predicted molar refractivity (Wildman–Crippen MR) is 95.1 cm³/mol. The molecule has 0 bridgehead atoms. The van der Waals surface area contributed by atoms with Gasteiger partial charge in [-0.3, -0.25) is 0 Å². The Bertz CT molecular complexity index is 670. The molecule has 0 saturated carbocycles. The predicted octanol–water partition coefficient (Wildman–Crippen LogP) is -3.60. The molecule has 0 spiro atoms. The van der Waals surface area contributed by atoms with Gasteiger partial charge in [0.2, 0.25) is 6.29 Å². The second kappa shape index (κ2) is 9.70. The third-order valence-electron chi connectivity index (χ3n) is 5.03. The van der Waals surface area contributed by atoms with E-state index in [1.165, 1.54) is 24.3 Å². The summed E-state index contributed by atoms with van der Waals surface area (Å²) in [6.45, 7) is -1.09. The summed E-state index contributed by atoms with van der Waals surface area (Å²) >= 11 is 0. The zero-order valence-electron chi connectivity index (χ0n) is 15.7. The van der Waals surface area contributed by atoms with E-state index >= 15 is 0 Å². The third-order valence-corrected chi connectivity index (χ3v) is 5.03. The lowest BCUT2D eigenvalue weighted by Crippen LogP contribution is -2.62. The summed E-state index contributed by atoms with van der Waals surface area (Å²) in [5.41, 5.74) is 0. The highest BCUT2D eigenvalue weighted by atomic mass is 16.7. The van der Waals surface area contributed by atoms with E-state index in [4.69, 9.17) is 18.9 Å². The topological polar surface area (TPSA) is 199 Å². The fraction of sp³-hybridized carbons (Fsp3) is 0.667. The highest BCUT2D eigenvalue weighted by Crippen LogP contribution is 2.27. The molecule has 0 amide bonds. The Hall–Kier alpha value is -1.58. The molecule has 12 heteroatoms. The van der Waals surface area contributed by atoms with Crippen molar-refractivity contribution in [3.63, 3.8) is 0 Å². The van der Waals surface area contributed by atoms with E-state index < -0.39 is 74.6 Å². The average molecular weight is 434 g/mol. The van der Waals surface area contributed by atoms with Gasteiger partial charge in [0.05, 0.1) is 13.2 Å². The van der Waals surface area contributed by atoms with Crippen molar-refractivity contribution < 1.29 is 59.8 Å². The zero-order valence-corrected chi connectivity index (χ0v) is 15.7. The second-order valence-corrected chi connectivity index (χ2v) is 7.16. The van der Waals surface area contributed by atoms with Crippen molar-refractivity contribution in [3.05, 3.63) is 24.3 Å². The SMILES string of the molecule is OC[C@H]1O[C@@H](OC[C@H]2O[C@@H](Oc3ccc(O)cc3)[C@H](O)[C@@H](O)[C@@H]2O)[C@H](O)[C@@H](O)[C@@H]1O. The number of hydrogen-bond donors (Lipinski definition) is 8. The van der Waals surface area contributed by atoms with Gasteiger partial charge in [-0.15, -0.1) is 0 Å². The molecule has 1 aromatic carbocycles. The van der Waals surface area contributed by atoms with Crippen LogP contribution in [-0.2, 0) is 14.2 Å². The lowest BCUT2D eigenvalue weighted by atomic mass is 9.98. The molecule has 2 saturated heterocycles. The quantitative estimate of drug-likeness (QED) is 0.219. The number of aliphatic hydroxyl groups is 7. The summed E-state index contributed by atoms with van der Waals surface area (Å²) in [4.78, 5) is 0. The minimum atomic E-state index is -1.65. The Morgan fingerprint density at radius 3 is 1.83 bits per heavy atom. The molecule has 12 nitrogen and oxygen atoms in total. The first-order valence-corrected chi connectivity index (χ1v) is 9.30. The zero-order chi connectivity index (χ0) is 22.0. The van der Waals surface area contributed by atoms with Crippen molar-refractivity contribution in [2.24, 2.45) is 0 Å². The lowest BCUT2D eigenvalue weighted by molar-refractivity contribution is -0.323. The Morgan fingerprint density at radius 2 is 1.23 bits per heavy atom. The minimum Gasteiger partial charge on any atom is -0.508 e. The van der Waals surface area contributed by atoms with Gasteiger partial charge in [-0.2, -0.15) is 0 Å². The normalized spacial score (nSPS) is 42.1. The molecule has 170 valence electrons. The number of phenolic OH excluding ortho intramolecular Hbond substituents is 1. The van der Waals surface area contributed by atoms with Gasteiger partial charge in [0.25, 0.3) is 0 Å². The highest BCUT2D eigenvalue weighted by Gasteiger charge is 2.47. The van der Waals surface area contributed by atoms with Gasteiger partial charge < -0.3 is 59.8 Å². The van der Waals surface area contributed by atoms with Crippen LogP contribution in [0, 0.1) is 0 Å². The van der Waals surface area contributed by atoms with E-state index in [1.807, 2.05) is 0 Å². The molecule has 8 N–H and O–H groups in total. The van der Waals surface area contributed by atoms with Crippen LogP contribution < -0.4 is 4.74 Å². The van der Waals surface area contributed by atoms with Crippen LogP contribution >= 0.6 is 0 Å². The minimum absolute atomic E-state index is 0.00581. The van der Waals surface area contributed by atoms with Gasteiger partial charge >= 0.3 is 0 Å². The van der Waals surface area contributed by atoms with Crippen LogP contribution in [0.3, 0.4) is 0 Å². The fourth-order valence-corrected chi connectivity index (χ4v) is 3.21. The fourth-order valence-electron chi connectivity index (χ4n) is 3.21. The second-order valence-electron chi connectivity index (χ2n) is 7.16. The van der Waals surface area contributed by atoms with Crippen molar-refractivity contribution in [1.29, 1.82) is 0 Å². The van der Waals surface area contributed by atoms with E-state index in [-0.39, 0.29) is 11.5 Å². The van der Waals surface area contributed by atoms with E-state index in [2.05, 4.69) is 0 Å². The van der Waals surface area contributed by atoms with Gasteiger partial charge in [0, 0.05) is 0 Å².